The van der Waals surface area contributed by atoms with Gasteiger partial charge in [0.2, 0.25) is 5.91 Å². The molecule has 1 amide bonds. The van der Waals surface area contributed by atoms with Crippen molar-refractivity contribution in [2.75, 3.05) is 12.4 Å². The average molecular weight is 370 g/mol. The van der Waals surface area contributed by atoms with Crippen molar-refractivity contribution in [3.63, 3.8) is 0 Å². The number of anilines is 1. The second-order valence-electron chi connectivity index (χ2n) is 6.08. The number of rotatable bonds is 3. The van der Waals surface area contributed by atoms with Crippen LogP contribution in [0.25, 0.3) is 5.69 Å². The Kier molecular flexibility index (Phi) is 4.05. The normalized spacial score (nSPS) is 16.1. The number of phenolic OH excluding ortho intramolecular Hbond substituents is 1. The summed E-state index contributed by atoms with van der Waals surface area (Å²) in [6.07, 6.45) is 2.02. The molecule has 6 nitrogen and oxygen atoms in total. The lowest BCUT2D eigenvalue weighted by molar-refractivity contribution is -0.116. The molecule has 1 aromatic heterocycles. The first kappa shape index (κ1) is 16.5. The quantitative estimate of drug-likeness (QED) is 0.737. The predicted molar refractivity (Wildman–Crippen MR) is 98.3 cm³/mol. The zero-order chi connectivity index (χ0) is 18.3. The first-order chi connectivity index (χ1) is 12.6. The minimum absolute atomic E-state index is 0.0414. The third kappa shape index (κ3) is 2.78. The lowest BCUT2D eigenvalue weighted by atomic mass is 9.87. The van der Waals surface area contributed by atoms with E-state index in [0.29, 0.717) is 16.6 Å². The lowest BCUT2D eigenvalue weighted by Gasteiger charge is -2.24. The van der Waals surface area contributed by atoms with Gasteiger partial charge in [-0.05, 0) is 35.9 Å². The highest BCUT2D eigenvalue weighted by molar-refractivity contribution is 6.30. The lowest BCUT2D eigenvalue weighted by Crippen LogP contribution is -2.24. The van der Waals surface area contributed by atoms with Crippen LogP contribution in [0.15, 0.2) is 48.7 Å². The molecule has 4 rings (SSSR count). The van der Waals surface area contributed by atoms with E-state index in [2.05, 4.69) is 10.4 Å². The van der Waals surface area contributed by atoms with Crippen LogP contribution in [0.2, 0.25) is 5.02 Å². The number of fused-ring (bicyclic) bond motifs is 1. The second kappa shape index (κ2) is 6.38. The van der Waals surface area contributed by atoms with Crippen LogP contribution in [-0.2, 0) is 4.79 Å². The SMILES string of the molecule is COc1ccc([C@H]2CC(=O)Nc3c2cnn3-c2cccc(Cl)c2)cc1O. The monoisotopic (exact) mass is 369 g/mol. The molecule has 3 aromatic rings. The molecule has 0 saturated carbocycles. The molecule has 132 valence electrons. The van der Waals surface area contributed by atoms with E-state index in [1.165, 1.54) is 7.11 Å². The minimum Gasteiger partial charge on any atom is -0.504 e. The molecule has 2 heterocycles. The van der Waals surface area contributed by atoms with Gasteiger partial charge in [-0.15, -0.1) is 0 Å². The summed E-state index contributed by atoms with van der Waals surface area (Å²) in [5.41, 5.74) is 2.47. The number of aromatic hydroxyl groups is 1. The summed E-state index contributed by atoms with van der Waals surface area (Å²) in [4.78, 5) is 12.3. The smallest absolute Gasteiger partial charge is 0.226 e. The molecule has 2 aromatic carbocycles. The van der Waals surface area contributed by atoms with Crippen molar-refractivity contribution in [1.29, 1.82) is 0 Å². The highest BCUT2D eigenvalue weighted by Gasteiger charge is 2.30. The van der Waals surface area contributed by atoms with Crippen molar-refractivity contribution in [3.05, 3.63) is 64.8 Å². The van der Waals surface area contributed by atoms with E-state index in [4.69, 9.17) is 16.3 Å². The van der Waals surface area contributed by atoms with Gasteiger partial charge in [0.15, 0.2) is 11.5 Å². The molecule has 2 N–H and O–H groups in total. The highest BCUT2D eigenvalue weighted by Crippen LogP contribution is 2.40. The summed E-state index contributed by atoms with van der Waals surface area (Å²) in [5.74, 6) is 0.734. The van der Waals surface area contributed by atoms with Gasteiger partial charge in [-0.1, -0.05) is 23.7 Å². The molecule has 7 heteroatoms. The summed E-state index contributed by atoms with van der Waals surface area (Å²) in [6.45, 7) is 0. The summed E-state index contributed by atoms with van der Waals surface area (Å²) >= 11 is 6.08. The summed E-state index contributed by atoms with van der Waals surface area (Å²) in [6, 6.07) is 12.4. The molecule has 0 unspecified atom stereocenters. The van der Waals surface area contributed by atoms with Crippen molar-refractivity contribution in [1.82, 2.24) is 9.78 Å². The van der Waals surface area contributed by atoms with E-state index in [-0.39, 0.29) is 24.0 Å². The molecule has 1 atom stereocenters. The molecular weight excluding hydrogens is 354 g/mol. The molecule has 0 saturated heterocycles. The Bertz CT molecular complexity index is 999. The number of nitrogens with zero attached hydrogens (tertiary/aromatic N) is 2. The number of carbonyl (C=O) groups is 1. The van der Waals surface area contributed by atoms with Gasteiger partial charge in [-0.2, -0.15) is 5.10 Å². The standard InChI is InChI=1S/C19H16ClN3O3/c1-26-17-6-5-11(7-16(17)24)14-9-18(25)22-19-15(14)10-21-23(19)13-4-2-3-12(20)8-13/h2-8,10,14,24H,9H2,1H3,(H,22,25)/t14-/m1/s1. The van der Waals surface area contributed by atoms with Gasteiger partial charge in [0.1, 0.15) is 5.82 Å². The van der Waals surface area contributed by atoms with Crippen LogP contribution in [-0.4, -0.2) is 27.9 Å². The number of amides is 1. The Balaban J connectivity index is 1.80. The van der Waals surface area contributed by atoms with Crippen molar-refractivity contribution in [2.45, 2.75) is 12.3 Å². The number of halogens is 1. The molecule has 0 spiro atoms. The summed E-state index contributed by atoms with van der Waals surface area (Å²) in [5, 5.41) is 18.0. The van der Waals surface area contributed by atoms with E-state index in [9.17, 15) is 9.90 Å². The Labute approximate surface area is 155 Å². The largest absolute Gasteiger partial charge is 0.504 e. The van der Waals surface area contributed by atoms with Crippen LogP contribution in [0, 0.1) is 0 Å². The fourth-order valence-electron chi connectivity index (χ4n) is 3.24. The van der Waals surface area contributed by atoms with Crippen LogP contribution >= 0.6 is 11.6 Å². The van der Waals surface area contributed by atoms with Crippen LogP contribution in [0.5, 0.6) is 11.5 Å². The average Bonchev–Trinajstić information content (AvgIpc) is 3.04. The van der Waals surface area contributed by atoms with Gasteiger partial charge in [-0.25, -0.2) is 4.68 Å². The zero-order valence-electron chi connectivity index (χ0n) is 13.9. The maximum absolute atomic E-state index is 12.3. The number of aromatic nitrogens is 2. The summed E-state index contributed by atoms with van der Waals surface area (Å²) < 4.78 is 6.75. The van der Waals surface area contributed by atoms with Gasteiger partial charge < -0.3 is 15.2 Å². The second-order valence-corrected chi connectivity index (χ2v) is 6.51. The number of methoxy groups -OCH3 is 1. The zero-order valence-corrected chi connectivity index (χ0v) is 14.7. The minimum atomic E-state index is -0.205. The van der Waals surface area contributed by atoms with Crippen molar-refractivity contribution in [3.8, 4) is 17.2 Å². The Morgan fingerprint density at radius 3 is 2.88 bits per heavy atom. The molecule has 1 aliphatic rings. The van der Waals surface area contributed by atoms with Crippen LogP contribution in [0.1, 0.15) is 23.5 Å². The topological polar surface area (TPSA) is 76.4 Å². The first-order valence-electron chi connectivity index (χ1n) is 8.07. The van der Waals surface area contributed by atoms with Gasteiger partial charge in [0.05, 0.1) is 19.0 Å². The third-order valence-corrected chi connectivity index (χ3v) is 4.71. The number of ether oxygens (including phenoxy) is 1. The third-order valence-electron chi connectivity index (χ3n) is 4.48. The number of hydrogen-bond donors (Lipinski definition) is 2. The fraction of sp³-hybridized carbons (Fsp3) is 0.158. The van der Waals surface area contributed by atoms with Gasteiger partial charge >= 0.3 is 0 Å². The van der Waals surface area contributed by atoms with Gasteiger partial charge in [0, 0.05) is 22.9 Å². The van der Waals surface area contributed by atoms with Gasteiger partial charge in [-0.3, -0.25) is 4.79 Å². The van der Waals surface area contributed by atoms with Crippen LogP contribution in [0.3, 0.4) is 0 Å². The maximum atomic E-state index is 12.3. The molecule has 1 aliphatic heterocycles. The number of benzene rings is 2. The van der Waals surface area contributed by atoms with Crippen molar-refractivity contribution in [2.24, 2.45) is 0 Å². The van der Waals surface area contributed by atoms with Gasteiger partial charge in [0.25, 0.3) is 0 Å². The fourth-order valence-corrected chi connectivity index (χ4v) is 3.43. The van der Waals surface area contributed by atoms with E-state index in [1.807, 2.05) is 18.2 Å². The van der Waals surface area contributed by atoms with E-state index in [1.54, 1.807) is 35.1 Å². The van der Waals surface area contributed by atoms with Crippen LogP contribution in [0.4, 0.5) is 5.82 Å². The predicted octanol–water partition coefficient (Wildman–Crippen LogP) is 3.71. The maximum Gasteiger partial charge on any atom is 0.226 e. The van der Waals surface area contributed by atoms with E-state index in [0.717, 1.165) is 16.8 Å². The van der Waals surface area contributed by atoms with Crippen molar-refractivity contribution >= 4 is 23.3 Å². The van der Waals surface area contributed by atoms with E-state index < -0.39 is 0 Å². The number of phenols is 1. The number of carbonyl (C=O) groups excluding carboxylic acids is 1. The highest BCUT2D eigenvalue weighted by atomic mass is 35.5. The Hall–Kier alpha value is -2.99. The molecule has 0 bridgehead atoms. The number of hydrogen-bond acceptors (Lipinski definition) is 4. The Morgan fingerprint density at radius 1 is 1.31 bits per heavy atom. The first-order valence-corrected chi connectivity index (χ1v) is 8.45. The van der Waals surface area contributed by atoms with Crippen LogP contribution < -0.4 is 10.1 Å². The Morgan fingerprint density at radius 2 is 2.15 bits per heavy atom. The molecular formula is C19H16ClN3O3. The van der Waals surface area contributed by atoms with Crippen molar-refractivity contribution < 1.29 is 14.6 Å². The molecule has 0 aliphatic carbocycles. The summed E-state index contributed by atoms with van der Waals surface area (Å²) in [7, 11) is 1.50. The molecule has 0 fully saturated rings. The molecule has 26 heavy (non-hydrogen) atoms. The van der Waals surface area contributed by atoms with E-state index >= 15 is 0 Å². The molecule has 0 radical (unpaired) electrons. The number of nitrogens with one attached hydrogen (secondary N) is 1.